The van der Waals surface area contributed by atoms with E-state index in [-0.39, 0.29) is 6.17 Å². The van der Waals surface area contributed by atoms with E-state index in [4.69, 9.17) is 5.73 Å². The summed E-state index contributed by atoms with van der Waals surface area (Å²) in [6.45, 7) is 0. The van der Waals surface area contributed by atoms with Crippen LogP contribution in [0.2, 0.25) is 0 Å². The van der Waals surface area contributed by atoms with Crippen molar-refractivity contribution < 1.29 is 4.79 Å². The number of nitrogens with two attached hydrogens (primary N) is 1. The van der Waals surface area contributed by atoms with Gasteiger partial charge in [-0.3, -0.25) is 9.89 Å². The molecule has 1 aliphatic rings. The molecule has 76 valence electrons. The lowest BCUT2D eigenvalue weighted by Gasteiger charge is -2.26. The second-order valence-corrected chi connectivity index (χ2v) is 3.17. The average molecular weight is 201 g/mol. The number of nitrogens with zero attached hydrogens (tertiary/aromatic N) is 2. The van der Waals surface area contributed by atoms with Crippen molar-refractivity contribution in [2.24, 2.45) is 10.7 Å². The average Bonchev–Trinajstić information content (AvgIpc) is 2.30. The van der Waals surface area contributed by atoms with Crippen LogP contribution in [0.4, 0.5) is 4.79 Å². The highest BCUT2D eigenvalue weighted by Crippen LogP contribution is 2.23. The molecule has 1 aromatic rings. The van der Waals surface area contributed by atoms with Crippen molar-refractivity contribution in [2.45, 2.75) is 6.17 Å². The van der Waals surface area contributed by atoms with Crippen molar-refractivity contribution in [2.75, 3.05) is 0 Å². The molecule has 0 aliphatic carbocycles. The molecule has 0 radical (unpaired) electrons. The van der Waals surface area contributed by atoms with Gasteiger partial charge in [0.05, 0.1) is 0 Å². The summed E-state index contributed by atoms with van der Waals surface area (Å²) in [5.41, 5.74) is 6.20. The van der Waals surface area contributed by atoms with Gasteiger partial charge >= 0.3 is 6.03 Å². The number of allylic oxidation sites excluding steroid dienone is 1. The summed E-state index contributed by atoms with van der Waals surface area (Å²) in [5.74, 6) is 0. The zero-order chi connectivity index (χ0) is 10.7. The first kappa shape index (κ1) is 9.45. The molecule has 4 nitrogen and oxygen atoms in total. The molecule has 0 fully saturated rings. The van der Waals surface area contributed by atoms with E-state index < -0.39 is 6.03 Å². The molecular formula is C11H11N3O. The van der Waals surface area contributed by atoms with E-state index in [0.717, 1.165) is 5.56 Å². The minimum Gasteiger partial charge on any atom is -0.351 e. The third kappa shape index (κ3) is 1.88. The zero-order valence-corrected chi connectivity index (χ0v) is 8.08. The number of rotatable bonds is 1. The Bertz CT molecular complexity index is 411. The van der Waals surface area contributed by atoms with Gasteiger partial charge in [0.2, 0.25) is 0 Å². The molecule has 1 aromatic carbocycles. The lowest BCUT2D eigenvalue weighted by molar-refractivity contribution is 0.210. The summed E-state index contributed by atoms with van der Waals surface area (Å²) < 4.78 is 0. The molecular weight excluding hydrogens is 190 g/mol. The summed E-state index contributed by atoms with van der Waals surface area (Å²) in [6, 6.07) is 9.05. The van der Waals surface area contributed by atoms with Crippen LogP contribution in [0.25, 0.3) is 0 Å². The Morgan fingerprint density at radius 3 is 2.73 bits per heavy atom. The van der Waals surface area contributed by atoms with Crippen LogP contribution >= 0.6 is 0 Å². The van der Waals surface area contributed by atoms with E-state index >= 15 is 0 Å². The normalized spacial score (nSPS) is 19.2. The number of benzene rings is 1. The van der Waals surface area contributed by atoms with Gasteiger partial charge in [-0.1, -0.05) is 30.3 Å². The van der Waals surface area contributed by atoms with Crippen LogP contribution in [0.5, 0.6) is 0 Å². The van der Waals surface area contributed by atoms with E-state index in [1.165, 1.54) is 4.90 Å². The molecule has 0 spiro atoms. The minimum absolute atomic E-state index is 0.339. The van der Waals surface area contributed by atoms with E-state index in [1.807, 2.05) is 30.3 Å². The second kappa shape index (κ2) is 3.96. The third-order valence-corrected chi connectivity index (χ3v) is 2.18. The molecule has 15 heavy (non-hydrogen) atoms. The fraction of sp³-hybridized carbons (Fsp3) is 0.0909. The predicted octanol–water partition coefficient (Wildman–Crippen LogP) is 1.66. The van der Waals surface area contributed by atoms with Crippen molar-refractivity contribution in [1.29, 1.82) is 0 Å². The first-order valence-corrected chi connectivity index (χ1v) is 4.62. The highest BCUT2D eigenvalue weighted by atomic mass is 16.2. The molecule has 0 saturated carbocycles. The summed E-state index contributed by atoms with van der Waals surface area (Å²) in [6.07, 6.45) is 4.64. The summed E-state index contributed by atoms with van der Waals surface area (Å²) in [4.78, 5) is 16.8. The number of urea groups is 1. The maximum absolute atomic E-state index is 11.2. The number of aliphatic imine (C=N–C) groups is 1. The van der Waals surface area contributed by atoms with Gasteiger partial charge in [0.1, 0.15) is 0 Å². The molecule has 1 aliphatic heterocycles. The Hall–Kier alpha value is -2.10. The Morgan fingerprint density at radius 1 is 1.33 bits per heavy atom. The number of carbonyl (C=O) groups is 1. The van der Waals surface area contributed by atoms with Crippen molar-refractivity contribution >= 4 is 12.2 Å². The Kier molecular flexibility index (Phi) is 2.49. The summed E-state index contributed by atoms with van der Waals surface area (Å²) in [5, 5.41) is 0. The van der Waals surface area contributed by atoms with Gasteiger partial charge < -0.3 is 5.73 Å². The van der Waals surface area contributed by atoms with Crippen molar-refractivity contribution in [3.63, 3.8) is 0 Å². The van der Waals surface area contributed by atoms with Crippen LogP contribution in [0, 0.1) is 0 Å². The van der Waals surface area contributed by atoms with E-state index in [9.17, 15) is 4.79 Å². The number of hydrogen-bond donors (Lipinski definition) is 1. The molecule has 2 amide bonds. The number of amides is 2. The SMILES string of the molecule is NC(=O)N1C=CC=NC1c1ccccc1. The van der Waals surface area contributed by atoms with E-state index in [2.05, 4.69) is 4.99 Å². The number of hydrogen-bond acceptors (Lipinski definition) is 2. The standard InChI is InChI=1S/C11H11N3O/c12-11(15)14-8-4-7-13-10(14)9-5-2-1-3-6-9/h1-8,10H,(H2,12,15). The van der Waals surface area contributed by atoms with Crippen LogP contribution in [-0.2, 0) is 0 Å². The zero-order valence-electron chi connectivity index (χ0n) is 8.08. The summed E-state index contributed by atoms with van der Waals surface area (Å²) >= 11 is 0. The highest BCUT2D eigenvalue weighted by molar-refractivity contribution is 5.79. The predicted molar refractivity (Wildman–Crippen MR) is 58.2 cm³/mol. The monoisotopic (exact) mass is 201 g/mol. The van der Waals surface area contributed by atoms with Gasteiger partial charge in [0.15, 0.2) is 6.17 Å². The molecule has 1 unspecified atom stereocenters. The molecule has 2 rings (SSSR count). The van der Waals surface area contributed by atoms with Crippen molar-refractivity contribution in [1.82, 2.24) is 4.90 Å². The Labute approximate surface area is 87.7 Å². The Morgan fingerprint density at radius 2 is 2.07 bits per heavy atom. The fourth-order valence-corrected chi connectivity index (χ4v) is 1.48. The van der Waals surface area contributed by atoms with Crippen LogP contribution in [-0.4, -0.2) is 17.1 Å². The summed E-state index contributed by atoms with van der Waals surface area (Å²) in [7, 11) is 0. The van der Waals surface area contributed by atoms with Gasteiger partial charge in [-0.2, -0.15) is 0 Å². The smallest absolute Gasteiger partial charge is 0.320 e. The van der Waals surface area contributed by atoms with Crippen molar-refractivity contribution in [3.05, 3.63) is 48.2 Å². The topological polar surface area (TPSA) is 58.7 Å². The first-order chi connectivity index (χ1) is 7.29. The largest absolute Gasteiger partial charge is 0.351 e. The molecule has 2 N–H and O–H groups in total. The molecule has 0 saturated heterocycles. The van der Waals surface area contributed by atoms with Gasteiger partial charge in [0, 0.05) is 12.4 Å². The maximum Gasteiger partial charge on any atom is 0.320 e. The highest BCUT2D eigenvalue weighted by Gasteiger charge is 2.21. The lowest BCUT2D eigenvalue weighted by Crippen LogP contribution is -2.35. The van der Waals surface area contributed by atoms with Crippen LogP contribution in [0.1, 0.15) is 11.7 Å². The minimum atomic E-state index is -0.503. The van der Waals surface area contributed by atoms with Gasteiger partial charge in [-0.25, -0.2) is 4.79 Å². The van der Waals surface area contributed by atoms with Crippen molar-refractivity contribution in [3.8, 4) is 0 Å². The molecule has 4 heteroatoms. The molecule has 1 atom stereocenters. The number of primary amides is 1. The third-order valence-electron chi connectivity index (χ3n) is 2.18. The molecule has 0 aromatic heterocycles. The quantitative estimate of drug-likeness (QED) is 0.738. The van der Waals surface area contributed by atoms with Gasteiger partial charge in [0.25, 0.3) is 0 Å². The first-order valence-electron chi connectivity index (χ1n) is 4.62. The van der Waals surface area contributed by atoms with Crippen LogP contribution in [0.15, 0.2) is 47.6 Å². The number of carbonyl (C=O) groups excluding carboxylic acids is 1. The maximum atomic E-state index is 11.2. The second-order valence-electron chi connectivity index (χ2n) is 3.17. The van der Waals surface area contributed by atoms with E-state index in [0.29, 0.717) is 0 Å². The van der Waals surface area contributed by atoms with Gasteiger partial charge in [-0.15, -0.1) is 0 Å². The van der Waals surface area contributed by atoms with E-state index in [1.54, 1.807) is 18.5 Å². The lowest BCUT2D eigenvalue weighted by atomic mass is 10.1. The fourth-order valence-electron chi connectivity index (χ4n) is 1.48. The van der Waals surface area contributed by atoms with Crippen LogP contribution in [0.3, 0.4) is 0 Å². The Balaban J connectivity index is 2.32. The molecule has 1 heterocycles. The van der Waals surface area contributed by atoms with Crippen LogP contribution < -0.4 is 5.73 Å². The van der Waals surface area contributed by atoms with Gasteiger partial charge in [-0.05, 0) is 11.6 Å². The molecule has 0 bridgehead atoms.